The monoisotopic (exact) mass is 909 g/mol. The van der Waals surface area contributed by atoms with Gasteiger partial charge in [-0.1, -0.05) is 118 Å². The molecule has 0 spiro atoms. The molecule has 1 fully saturated rings. The second kappa shape index (κ2) is 28.1. The predicted molar refractivity (Wildman–Crippen MR) is 233 cm³/mol. The van der Waals surface area contributed by atoms with E-state index in [2.05, 4.69) is 23.1 Å². The maximum absolute atomic E-state index is 14.1. The van der Waals surface area contributed by atoms with Crippen molar-refractivity contribution in [2.45, 2.75) is 175 Å². The zero-order valence-corrected chi connectivity index (χ0v) is 39.4. The van der Waals surface area contributed by atoms with Crippen LogP contribution in [-0.4, -0.2) is 90.3 Å². The van der Waals surface area contributed by atoms with Crippen LogP contribution in [0.4, 0.5) is 10.6 Å². The number of nitrogen functional groups attached to an aromatic ring is 1. The average Bonchev–Trinajstić information content (AvgIpc) is 3.81. The first kappa shape index (κ1) is 53.5. The summed E-state index contributed by atoms with van der Waals surface area (Å²) in [6.07, 6.45) is 13.1. The largest absolute Gasteiger partial charge is 0.510 e. The van der Waals surface area contributed by atoms with Gasteiger partial charge in [-0.05, 0) is 38.8 Å². The number of hydrogen-bond acceptors (Lipinski definition) is 17. The Kier molecular flexibility index (Phi) is 23.9. The van der Waals surface area contributed by atoms with E-state index < -0.39 is 81.2 Å². The summed E-state index contributed by atoms with van der Waals surface area (Å²) in [7, 11) is -4.60. The molecule has 0 saturated carbocycles. The Bertz CT molecular complexity index is 1770. The molecular formula is C44H72N5O13P. The molecule has 0 amide bonds. The number of phosphoric ester groups is 1. The lowest BCUT2D eigenvalue weighted by Gasteiger charge is -2.29. The summed E-state index contributed by atoms with van der Waals surface area (Å²) in [6, 6.07) is 5.16. The first-order chi connectivity index (χ1) is 30.2. The zero-order valence-electron chi connectivity index (χ0n) is 38.5. The second-order valence-corrected chi connectivity index (χ2v) is 18.3. The van der Waals surface area contributed by atoms with Crippen LogP contribution in [0, 0.1) is 23.2 Å². The summed E-state index contributed by atoms with van der Waals surface area (Å²) >= 11 is 0. The Morgan fingerprint density at radius 2 is 1.41 bits per heavy atom. The molecule has 0 bridgehead atoms. The zero-order chi connectivity index (χ0) is 46.3. The predicted octanol–water partition coefficient (Wildman–Crippen LogP) is 9.13. The van der Waals surface area contributed by atoms with E-state index in [0.717, 1.165) is 19.3 Å². The van der Waals surface area contributed by atoms with Crippen LogP contribution < -0.4 is 5.73 Å². The van der Waals surface area contributed by atoms with E-state index in [0.29, 0.717) is 25.2 Å². The van der Waals surface area contributed by atoms with Crippen LogP contribution in [0.2, 0.25) is 0 Å². The van der Waals surface area contributed by atoms with Crippen molar-refractivity contribution in [3.63, 3.8) is 0 Å². The molecule has 2 aromatic rings. The highest BCUT2D eigenvalue weighted by Crippen LogP contribution is 2.51. The number of rotatable bonds is 32. The molecule has 1 unspecified atom stereocenters. The van der Waals surface area contributed by atoms with Crippen molar-refractivity contribution in [1.82, 2.24) is 14.6 Å². The fourth-order valence-corrected chi connectivity index (χ4v) is 7.90. The van der Waals surface area contributed by atoms with Crippen LogP contribution in [0.1, 0.15) is 150 Å². The molecule has 1 saturated heterocycles. The Balaban J connectivity index is 1.66. The van der Waals surface area contributed by atoms with Gasteiger partial charge in [-0.3, -0.25) is 18.6 Å². The van der Waals surface area contributed by atoms with Crippen molar-refractivity contribution >= 4 is 37.3 Å². The Morgan fingerprint density at radius 1 is 0.825 bits per heavy atom. The van der Waals surface area contributed by atoms with E-state index in [1.54, 1.807) is 47.6 Å². The Labute approximate surface area is 373 Å². The number of esters is 2. The van der Waals surface area contributed by atoms with E-state index in [1.165, 1.54) is 87.5 Å². The van der Waals surface area contributed by atoms with Gasteiger partial charge < -0.3 is 34.2 Å². The Hall–Kier alpha value is -3.85. The summed E-state index contributed by atoms with van der Waals surface area (Å²) in [4.78, 5) is 42.5. The lowest BCUT2D eigenvalue weighted by molar-refractivity contribution is -0.173. The van der Waals surface area contributed by atoms with E-state index >= 15 is 0 Å². The van der Waals surface area contributed by atoms with Crippen LogP contribution in [-0.2, 0) is 61.7 Å². The highest BCUT2D eigenvalue weighted by atomic mass is 31.2. The van der Waals surface area contributed by atoms with E-state index in [-0.39, 0.29) is 18.1 Å². The molecule has 2 N–H and O–H groups in total. The molecule has 0 aromatic carbocycles. The van der Waals surface area contributed by atoms with Crippen molar-refractivity contribution in [3.05, 3.63) is 24.2 Å². The van der Waals surface area contributed by atoms with Gasteiger partial charge in [-0.15, -0.1) is 0 Å². The number of carbonyl (C=O) groups excluding carboxylic acids is 3. The second-order valence-electron chi connectivity index (χ2n) is 16.7. The van der Waals surface area contributed by atoms with Crippen LogP contribution in [0.5, 0.6) is 0 Å². The van der Waals surface area contributed by atoms with Gasteiger partial charge >= 0.3 is 25.9 Å². The third-order valence-corrected chi connectivity index (χ3v) is 11.7. The number of fused-ring (bicyclic) bond motifs is 1. The maximum Gasteiger partial charge on any atom is 0.510 e. The van der Waals surface area contributed by atoms with Gasteiger partial charge in [0.2, 0.25) is 12.4 Å². The molecule has 5 atom stereocenters. The molecule has 2 aromatic heterocycles. The number of nitrogens with zero attached hydrogens (tertiary/aromatic N) is 4. The minimum absolute atomic E-state index is 0.0746. The van der Waals surface area contributed by atoms with E-state index in [9.17, 15) is 24.2 Å². The number of nitriles is 1. The minimum Gasteiger partial charge on any atom is -0.455 e. The molecule has 18 nitrogen and oxygen atoms in total. The van der Waals surface area contributed by atoms with Gasteiger partial charge in [0, 0.05) is 13.2 Å². The average molecular weight is 910 g/mol. The summed E-state index contributed by atoms with van der Waals surface area (Å²) in [5, 5.41) is 15.1. The Morgan fingerprint density at radius 3 is 2.00 bits per heavy atom. The van der Waals surface area contributed by atoms with Crippen LogP contribution in [0.3, 0.4) is 0 Å². The standard InChI is InChI=1S/C44H72N5O13P/c1-8-9-10-11-12-13-14-15-16-17-18-19-20-21-25-54-26-22-27-56-63(53,58-31-55-43(52)59-34(6)7)57-28-36-38(60-41(50)32(2)3)39(61-42(51)33(4)5)44(29-45,62-36)37-24-23-35-40(46)47-30-48-49(35)37/h23-24,30,32-34,36,38-39H,8-22,25-28,31H2,1-7H3,(H2,46,47,48)/t36-,38-,39-,44+,63?/m1/s1. The number of nitrogens with two attached hydrogens (primary N) is 1. The van der Waals surface area contributed by atoms with Crippen LogP contribution >= 0.6 is 7.82 Å². The number of carbonyl (C=O) groups is 3. The normalized spacial score (nSPS) is 19.7. The molecule has 63 heavy (non-hydrogen) atoms. The summed E-state index contributed by atoms with van der Waals surface area (Å²) in [5.41, 5.74) is 4.31. The number of anilines is 1. The smallest absolute Gasteiger partial charge is 0.455 e. The number of aromatic nitrogens is 3. The fourth-order valence-electron chi connectivity index (χ4n) is 6.81. The number of unbranched alkanes of at least 4 members (excludes halogenated alkanes) is 13. The lowest BCUT2D eigenvalue weighted by Crippen LogP contribution is -2.47. The molecule has 0 radical (unpaired) electrons. The topological polar surface area (TPSA) is 231 Å². The molecular weight excluding hydrogens is 837 g/mol. The van der Waals surface area contributed by atoms with Crippen molar-refractivity contribution in [3.8, 4) is 6.07 Å². The number of hydrogen-bond donors (Lipinski definition) is 1. The summed E-state index contributed by atoms with van der Waals surface area (Å²) in [6.45, 7) is 11.1. The van der Waals surface area contributed by atoms with Crippen LogP contribution in [0.15, 0.2) is 18.5 Å². The van der Waals surface area contributed by atoms with Gasteiger partial charge in [0.15, 0.2) is 18.0 Å². The third kappa shape index (κ3) is 17.6. The molecule has 3 rings (SSSR count). The molecule has 19 heteroatoms. The SMILES string of the molecule is CCCCCCCCCCCCCCCCOCCCOP(=O)(OCOC(=O)OC(C)C)OC[C@H]1O[C@@](C#N)(c2ccc3c(N)ncnn23)[C@H](OC(=O)C(C)C)[C@@H]1OC(=O)C(C)C. The fraction of sp³-hybridized carbons (Fsp3) is 0.773. The van der Waals surface area contributed by atoms with Gasteiger partial charge in [-0.25, -0.2) is 23.4 Å². The molecule has 0 aliphatic carbocycles. The summed E-state index contributed by atoms with van der Waals surface area (Å²) in [5.74, 6) is -2.65. The number of ether oxygens (including phenoxy) is 6. The molecule has 3 heterocycles. The van der Waals surface area contributed by atoms with Crippen molar-refractivity contribution in [2.24, 2.45) is 11.8 Å². The molecule has 1 aliphatic rings. The summed E-state index contributed by atoms with van der Waals surface area (Å²) < 4.78 is 66.1. The third-order valence-electron chi connectivity index (χ3n) is 10.3. The quantitative estimate of drug-likeness (QED) is 0.0237. The molecule has 356 valence electrons. The highest BCUT2D eigenvalue weighted by molar-refractivity contribution is 7.48. The van der Waals surface area contributed by atoms with Gasteiger partial charge in [0.05, 0.1) is 36.8 Å². The lowest BCUT2D eigenvalue weighted by atomic mass is 9.92. The van der Waals surface area contributed by atoms with Crippen molar-refractivity contribution in [1.29, 1.82) is 5.26 Å². The van der Waals surface area contributed by atoms with Gasteiger partial charge in [-0.2, -0.15) is 10.4 Å². The van der Waals surface area contributed by atoms with Crippen LogP contribution in [0.25, 0.3) is 5.52 Å². The number of phosphoric acid groups is 1. The van der Waals surface area contributed by atoms with E-state index in [4.69, 9.17) is 47.7 Å². The van der Waals surface area contributed by atoms with Gasteiger partial charge in [0.25, 0.3) is 0 Å². The van der Waals surface area contributed by atoms with E-state index in [1.807, 2.05) is 0 Å². The molecule has 1 aliphatic heterocycles. The van der Waals surface area contributed by atoms with Crippen molar-refractivity contribution in [2.75, 3.05) is 39.0 Å². The highest BCUT2D eigenvalue weighted by Gasteiger charge is 2.63. The van der Waals surface area contributed by atoms with Gasteiger partial charge in [0.1, 0.15) is 24.0 Å². The minimum atomic E-state index is -4.60. The first-order valence-electron chi connectivity index (χ1n) is 22.7. The first-order valence-corrected chi connectivity index (χ1v) is 24.2. The maximum atomic E-state index is 14.1. The van der Waals surface area contributed by atoms with Crippen molar-refractivity contribution < 1.29 is 60.9 Å².